The fraction of sp³-hybridized carbons (Fsp3) is 0.188. The number of aryl methyl sites for hydroxylation is 1. The molecule has 0 atom stereocenters. The number of fused-ring (bicyclic) bond motifs is 1. The van der Waals surface area contributed by atoms with E-state index in [0.717, 1.165) is 10.8 Å². The Labute approximate surface area is 132 Å². The summed E-state index contributed by atoms with van der Waals surface area (Å²) in [5.74, 6) is -0.600. The number of H-pyrrole nitrogens is 1. The minimum Gasteiger partial charge on any atom is -0.710 e. The van der Waals surface area contributed by atoms with E-state index < -0.39 is 15.7 Å². The van der Waals surface area contributed by atoms with E-state index in [9.17, 15) is 18.0 Å². The minimum atomic E-state index is -3.45. The standard InChI is InChI=1S/C16H15FN2O3S/c1-3-23(21,22)11-4-5-15(17)14(9-11)13-8-10(2)19(20)16-12(13)6-7-18-16/h4-9,18H,3H2,1-2H3. The Morgan fingerprint density at radius 1 is 1.22 bits per heavy atom. The van der Waals surface area contributed by atoms with Gasteiger partial charge in [0.2, 0.25) is 0 Å². The van der Waals surface area contributed by atoms with Gasteiger partial charge in [0.15, 0.2) is 9.84 Å². The molecule has 0 radical (unpaired) electrons. The first kappa shape index (κ1) is 15.5. The molecule has 120 valence electrons. The summed E-state index contributed by atoms with van der Waals surface area (Å²) in [6.07, 6.45) is 1.59. The summed E-state index contributed by atoms with van der Waals surface area (Å²) < 4.78 is 39.1. The lowest BCUT2D eigenvalue weighted by Crippen LogP contribution is -2.31. The Hall–Kier alpha value is -2.41. The average Bonchev–Trinajstić information content (AvgIpc) is 3.01. The van der Waals surface area contributed by atoms with Crippen molar-refractivity contribution in [2.24, 2.45) is 0 Å². The van der Waals surface area contributed by atoms with E-state index in [4.69, 9.17) is 0 Å². The van der Waals surface area contributed by atoms with E-state index in [-0.39, 0.29) is 16.2 Å². The topological polar surface area (TPSA) is 76.9 Å². The first-order valence-corrected chi connectivity index (χ1v) is 8.73. The maximum atomic E-state index is 14.3. The van der Waals surface area contributed by atoms with Crippen molar-refractivity contribution < 1.29 is 17.5 Å². The molecule has 0 aliphatic carbocycles. The van der Waals surface area contributed by atoms with Crippen molar-refractivity contribution in [3.8, 4) is 11.1 Å². The van der Waals surface area contributed by atoms with Gasteiger partial charge in [0.1, 0.15) is 11.5 Å². The van der Waals surface area contributed by atoms with E-state index in [0.29, 0.717) is 22.3 Å². The number of pyridine rings is 1. The summed E-state index contributed by atoms with van der Waals surface area (Å²) >= 11 is 0. The van der Waals surface area contributed by atoms with Crippen LogP contribution in [0.25, 0.3) is 22.2 Å². The SMILES string of the molecule is CCS(=O)(=O)c1ccc(F)c(-c2cc(C)[n+]([O-])c3[nH]ccc23)c1. The quantitative estimate of drug-likeness (QED) is 0.454. The lowest BCUT2D eigenvalue weighted by Gasteiger charge is -2.12. The molecule has 0 spiro atoms. The summed E-state index contributed by atoms with van der Waals surface area (Å²) in [7, 11) is -3.45. The number of rotatable bonds is 3. The second-order valence-electron chi connectivity index (χ2n) is 5.28. The number of nitrogens with zero attached hydrogens (tertiary/aromatic N) is 1. The highest BCUT2D eigenvalue weighted by atomic mass is 32.2. The average molecular weight is 334 g/mol. The summed E-state index contributed by atoms with van der Waals surface area (Å²) in [5, 5.41) is 12.6. The highest BCUT2D eigenvalue weighted by Crippen LogP contribution is 2.31. The van der Waals surface area contributed by atoms with E-state index >= 15 is 0 Å². The summed E-state index contributed by atoms with van der Waals surface area (Å²) in [4.78, 5) is 2.89. The lowest BCUT2D eigenvalue weighted by atomic mass is 10.0. The number of aromatic amines is 1. The third-order valence-corrected chi connectivity index (χ3v) is 5.59. The second kappa shape index (κ2) is 5.34. The minimum absolute atomic E-state index is 0.0635. The Balaban J connectivity index is 2.34. The molecule has 0 amide bonds. The van der Waals surface area contributed by atoms with Crippen LogP contribution in [-0.2, 0) is 9.84 Å². The number of hydrogen-bond acceptors (Lipinski definition) is 3. The third kappa shape index (κ3) is 2.46. The molecular formula is C16H15FN2O3S. The molecule has 7 heteroatoms. The van der Waals surface area contributed by atoms with Crippen LogP contribution in [0.5, 0.6) is 0 Å². The highest BCUT2D eigenvalue weighted by molar-refractivity contribution is 7.91. The summed E-state index contributed by atoms with van der Waals surface area (Å²) in [6.45, 7) is 3.15. The molecule has 2 aromatic heterocycles. The Morgan fingerprint density at radius 2 is 1.96 bits per heavy atom. The Kier molecular flexibility index (Phi) is 3.60. The molecule has 3 aromatic rings. The zero-order valence-corrected chi connectivity index (χ0v) is 13.4. The number of halogens is 1. The van der Waals surface area contributed by atoms with Crippen LogP contribution in [-0.4, -0.2) is 19.2 Å². The maximum absolute atomic E-state index is 14.3. The van der Waals surface area contributed by atoms with Gasteiger partial charge in [0.05, 0.1) is 22.2 Å². The molecule has 0 saturated carbocycles. The van der Waals surface area contributed by atoms with Gasteiger partial charge in [-0.25, -0.2) is 22.5 Å². The third-order valence-electron chi connectivity index (χ3n) is 3.86. The molecule has 0 aliphatic heterocycles. The molecule has 1 N–H and O–H groups in total. The van der Waals surface area contributed by atoms with Crippen molar-refractivity contribution >= 4 is 20.9 Å². The summed E-state index contributed by atoms with van der Waals surface area (Å²) in [5.41, 5.74) is 1.34. The largest absolute Gasteiger partial charge is 0.710 e. The Morgan fingerprint density at radius 3 is 2.65 bits per heavy atom. The highest BCUT2D eigenvalue weighted by Gasteiger charge is 2.19. The predicted molar refractivity (Wildman–Crippen MR) is 85.1 cm³/mol. The molecule has 0 saturated heterocycles. The van der Waals surface area contributed by atoms with Crippen molar-refractivity contribution in [1.29, 1.82) is 0 Å². The second-order valence-corrected chi connectivity index (χ2v) is 7.56. The fourth-order valence-electron chi connectivity index (χ4n) is 2.56. The monoisotopic (exact) mass is 334 g/mol. The van der Waals surface area contributed by atoms with Gasteiger partial charge in [-0.3, -0.25) is 0 Å². The predicted octanol–water partition coefficient (Wildman–Crippen LogP) is 2.71. The van der Waals surface area contributed by atoms with Gasteiger partial charge in [0.25, 0.3) is 5.65 Å². The van der Waals surface area contributed by atoms with Gasteiger partial charge in [-0.2, -0.15) is 0 Å². The van der Waals surface area contributed by atoms with Crippen LogP contribution in [0.15, 0.2) is 41.4 Å². The maximum Gasteiger partial charge on any atom is 0.290 e. The van der Waals surface area contributed by atoms with Crippen LogP contribution in [0.3, 0.4) is 0 Å². The van der Waals surface area contributed by atoms with Gasteiger partial charge < -0.3 is 5.21 Å². The van der Waals surface area contributed by atoms with Crippen molar-refractivity contribution in [2.45, 2.75) is 18.7 Å². The number of hydrogen-bond donors (Lipinski definition) is 1. The van der Waals surface area contributed by atoms with Gasteiger partial charge in [-0.05, 0) is 37.3 Å². The smallest absolute Gasteiger partial charge is 0.290 e. The van der Waals surface area contributed by atoms with Crippen LogP contribution < -0.4 is 4.73 Å². The van der Waals surface area contributed by atoms with Crippen molar-refractivity contribution in [3.63, 3.8) is 0 Å². The van der Waals surface area contributed by atoms with Gasteiger partial charge in [0, 0.05) is 11.1 Å². The fourth-order valence-corrected chi connectivity index (χ4v) is 3.47. The van der Waals surface area contributed by atoms with E-state index in [1.807, 2.05) is 0 Å². The van der Waals surface area contributed by atoms with E-state index in [1.165, 1.54) is 19.1 Å². The number of aromatic nitrogens is 2. The van der Waals surface area contributed by atoms with Crippen LogP contribution >= 0.6 is 0 Å². The molecule has 5 nitrogen and oxygen atoms in total. The molecule has 0 aliphatic rings. The van der Waals surface area contributed by atoms with Gasteiger partial charge >= 0.3 is 0 Å². The van der Waals surface area contributed by atoms with E-state index in [2.05, 4.69) is 4.98 Å². The van der Waals surface area contributed by atoms with Gasteiger partial charge in [-0.1, -0.05) is 6.92 Å². The molecule has 23 heavy (non-hydrogen) atoms. The summed E-state index contributed by atoms with van der Waals surface area (Å²) in [6, 6.07) is 6.95. The molecule has 1 aromatic carbocycles. The number of benzene rings is 1. The van der Waals surface area contributed by atoms with Gasteiger partial charge in [-0.15, -0.1) is 0 Å². The lowest BCUT2D eigenvalue weighted by molar-refractivity contribution is -0.586. The number of sulfone groups is 1. The molecule has 0 bridgehead atoms. The molecule has 0 unspecified atom stereocenters. The van der Waals surface area contributed by atoms with Crippen molar-refractivity contribution in [1.82, 2.24) is 4.98 Å². The van der Waals surface area contributed by atoms with Crippen LogP contribution in [0, 0.1) is 17.9 Å². The van der Waals surface area contributed by atoms with Crippen molar-refractivity contribution in [2.75, 3.05) is 5.75 Å². The van der Waals surface area contributed by atoms with Crippen LogP contribution in [0.1, 0.15) is 12.6 Å². The van der Waals surface area contributed by atoms with Crippen molar-refractivity contribution in [3.05, 3.63) is 53.2 Å². The van der Waals surface area contributed by atoms with E-state index in [1.54, 1.807) is 25.3 Å². The molecule has 2 heterocycles. The molecule has 0 fully saturated rings. The zero-order chi connectivity index (χ0) is 16.8. The van der Waals surface area contributed by atoms with Crippen LogP contribution in [0.4, 0.5) is 4.39 Å². The first-order valence-electron chi connectivity index (χ1n) is 7.08. The number of nitrogens with one attached hydrogen (secondary N) is 1. The zero-order valence-electron chi connectivity index (χ0n) is 12.6. The molecule has 3 rings (SSSR count). The molecular weight excluding hydrogens is 319 g/mol. The normalized spacial score (nSPS) is 12.0. The Bertz CT molecular complexity index is 1010. The first-order chi connectivity index (χ1) is 10.8. The van der Waals surface area contributed by atoms with Crippen LogP contribution in [0.2, 0.25) is 0 Å².